The molecule has 1 aliphatic heterocycles. The monoisotopic (exact) mass is 272 g/mol. The molecule has 1 aliphatic rings. The first-order valence-electron chi connectivity index (χ1n) is 6.56. The first-order chi connectivity index (χ1) is 9.73. The second-order valence-electron chi connectivity index (χ2n) is 4.62. The minimum absolute atomic E-state index is 0.0682. The molecule has 3 heteroatoms. The SMILES string of the molecule is C=CCO[C@@]1(C=C)C=C[C@@H](c2ccc(OC)cc2)OC1. The van der Waals surface area contributed by atoms with Crippen molar-refractivity contribution in [2.75, 3.05) is 20.3 Å². The van der Waals surface area contributed by atoms with Gasteiger partial charge in [0.1, 0.15) is 17.5 Å². The van der Waals surface area contributed by atoms with E-state index in [1.54, 1.807) is 19.3 Å². The molecule has 0 spiro atoms. The van der Waals surface area contributed by atoms with Gasteiger partial charge >= 0.3 is 0 Å². The van der Waals surface area contributed by atoms with Gasteiger partial charge in [-0.3, -0.25) is 0 Å². The van der Waals surface area contributed by atoms with Gasteiger partial charge in [-0.15, -0.1) is 6.58 Å². The van der Waals surface area contributed by atoms with Gasteiger partial charge in [-0.25, -0.2) is 0 Å². The quantitative estimate of drug-likeness (QED) is 0.742. The number of hydrogen-bond acceptors (Lipinski definition) is 3. The Bertz CT molecular complexity index is 489. The van der Waals surface area contributed by atoms with Crippen LogP contribution in [0.15, 0.2) is 61.7 Å². The Labute approximate surface area is 120 Å². The lowest BCUT2D eigenvalue weighted by Gasteiger charge is -2.33. The van der Waals surface area contributed by atoms with E-state index in [1.165, 1.54) is 0 Å². The molecular weight excluding hydrogens is 252 g/mol. The van der Waals surface area contributed by atoms with Gasteiger partial charge < -0.3 is 14.2 Å². The second-order valence-corrected chi connectivity index (χ2v) is 4.62. The molecule has 0 aliphatic carbocycles. The maximum atomic E-state index is 5.88. The highest BCUT2D eigenvalue weighted by Crippen LogP contribution is 2.30. The summed E-state index contributed by atoms with van der Waals surface area (Å²) in [7, 11) is 1.65. The van der Waals surface area contributed by atoms with Crippen LogP contribution >= 0.6 is 0 Å². The maximum Gasteiger partial charge on any atom is 0.128 e. The molecule has 0 fully saturated rings. The van der Waals surface area contributed by atoms with Gasteiger partial charge in [-0.05, 0) is 23.8 Å². The molecule has 0 unspecified atom stereocenters. The van der Waals surface area contributed by atoms with E-state index >= 15 is 0 Å². The van der Waals surface area contributed by atoms with E-state index in [-0.39, 0.29) is 6.10 Å². The summed E-state index contributed by atoms with van der Waals surface area (Å²) in [6, 6.07) is 7.85. The number of benzene rings is 1. The van der Waals surface area contributed by atoms with E-state index < -0.39 is 5.60 Å². The van der Waals surface area contributed by atoms with E-state index in [4.69, 9.17) is 14.2 Å². The molecule has 0 bridgehead atoms. The van der Waals surface area contributed by atoms with E-state index in [0.29, 0.717) is 13.2 Å². The van der Waals surface area contributed by atoms with Crippen LogP contribution in [0.4, 0.5) is 0 Å². The third-order valence-corrected chi connectivity index (χ3v) is 3.30. The number of rotatable bonds is 6. The lowest BCUT2D eigenvalue weighted by atomic mass is 9.98. The Kier molecular flexibility index (Phi) is 4.77. The Hall–Kier alpha value is -1.84. The van der Waals surface area contributed by atoms with Gasteiger partial charge in [0.05, 0.1) is 20.3 Å². The van der Waals surface area contributed by atoms with Gasteiger partial charge in [0.15, 0.2) is 0 Å². The Morgan fingerprint density at radius 3 is 2.60 bits per heavy atom. The smallest absolute Gasteiger partial charge is 0.128 e. The fraction of sp³-hybridized carbons (Fsp3) is 0.294. The molecular formula is C17H20O3. The van der Waals surface area contributed by atoms with Crippen molar-refractivity contribution < 1.29 is 14.2 Å². The summed E-state index contributed by atoms with van der Waals surface area (Å²) >= 11 is 0. The molecule has 0 aromatic heterocycles. The topological polar surface area (TPSA) is 27.7 Å². The van der Waals surface area contributed by atoms with Crippen LogP contribution in [0.5, 0.6) is 5.75 Å². The summed E-state index contributed by atoms with van der Waals surface area (Å²) < 4.78 is 16.8. The first-order valence-corrected chi connectivity index (χ1v) is 6.56. The van der Waals surface area contributed by atoms with Crippen LogP contribution in [0.25, 0.3) is 0 Å². The van der Waals surface area contributed by atoms with Crippen molar-refractivity contribution in [3.63, 3.8) is 0 Å². The average molecular weight is 272 g/mol. The van der Waals surface area contributed by atoms with Crippen molar-refractivity contribution in [3.05, 3.63) is 67.3 Å². The Balaban J connectivity index is 2.10. The molecule has 1 aromatic rings. The average Bonchev–Trinajstić information content (AvgIpc) is 2.53. The molecule has 0 amide bonds. The normalized spacial score (nSPS) is 25.1. The highest BCUT2D eigenvalue weighted by Gasteiger charge is 2.30. The maximum absolute atomic E-state index is 5.88. The molecule has 2 atom stereocenters. The minimum atomic E-state index is -0.558. The highest BCUT2D eigenvalue weighted by molar-refractivity contribution is 5.32. The summed E-state index contributed by atoms with van der Waals surface area (Å²) in [5.74, 6) is 0.836. The molecule has 106 valence electrons. The van der Waals surface area contributed by atoms with Crippen LogP contribution in [0.2, 0.25) is 0 Å². The second kappa shape index (κ2) is 6.55. The van der Waals surface area contributed by atoms with Gasteiger partial charge in [0.25, 0.3) is 0 Å². The lowest BCUT2D eigenvalue weighted by Crippen LogP contribution is -2.37. The van der Waals surface area contributed by atoms with Crippen LogP contribution in [0, 0.1) is 0 Å². The standard InChI is InChI=1S/C17H20O3/c1-4-12-20-17(5-2)11-10-16(19-13-17)14-6-8-15(18-3)9-7-14/h4-11,16H,1-2,12-13H2,3H3/t16-,17-/m0/s1. The molecule has 0 saturated carbocycles. The van der Waals surface area contributed by atoms with E-state index in [2.05, 4.69) is 13.2 Å². The predicted molar refractivity (Wildman–Crippen MR) is 79.9 cm³/mol. The van der Waals surface area contributed by atoms with Crippen LogP contribution < -0.4 is 4.74 Å². The summed E-state index contributed by atoms with van der Waals surface area (Å²) in [6.07, 6.45) is 7.41. The molecule has 20 heavy (non-hydrogen) atoms. The summed E-state index contributed by atoms with van der Waals surface area (Å²) in [5.41, 5.74) is 0.528. The summed E-state index contributed by atoms with van der Waals surface area (Å²) in [5, 5.41) is 0. The third-order valence-electron chi connectivity index (χ3n) is 3.30. The summed E-state index contributed by atoms with van der Waals surface area (Å²) in [4.78, 5) is 0. The minimum Gasteiger partial charge on any atom is -0.497 e. The molecule has 0 N–H and O–H groups in total. The van der Waals surface area contributed by atoms with Crippen LogP contribution in [-0.2, 0) is 9.47 Å². The fourth-order valence-corrected chi connectivity index (χ4v) is 2.06. The van der Waals surface area contributed by atoms with Crippen molar-refractivity contribution in [1.29, 1.82) is 0 Å². The largest absolute Gasteiger partial charge is 0.497 e. The van der Waals surface area contributed by atoms with Crippen molar-refractivity contribution in [2.45, 2.75) is 11.7 Å². The molecule has 0 saturated heterocycles. The zero-order valence-corrected chi connectivity index (χ0v) is 11.7. The molecule has 2 rings (SSSR count). The molecule has 0 radical (unpaired) electrons. The van der Waals surface area contributed by atoms with Gasteiger partial charge in [0, 0.05) is 0 Å². The lowest BCUT2D eigenvalue weighted by molar-refractivity contribution is -0.0558. The zero-order chi connectivity index (χ0) is 14.4. The zero-order valence-electron chi connectivity index (χ0n) is 11.7. The third kappa shape index (κ3) is 3.18. The summed E-state index contributed by atoms with van der Waals surface area (Å²) in [6.45, 7) is 8.38. The predicted octanol–water partition coefficient (Wildman–Crippen LogP) is 3.45. The van der Waals surface area contributed by atoms with Crippen molar-refractivity contribution in [3.8, 4) is 5.75 Å². The van der Waals surface area contributed by atoms with E-state index in [1.807, 2.05) is 36.4 Å². The molecule has 3 nitrogen and oxygen atoms in total. The van der Waals surface area contributed by atoms with Gasteiger partial charge in [0.2, 0.25) is 0 Å². The van der Waals surface area contributed by atoms with E-state index in [9.17, 15) is 0 Å². The van der Waals surface area contributed by atoms with Crippen LogP contribution in [-0.4, -0.2) is 25.9 Å². The highest BCUT2D eigenvalue weighted by atomic mass is 16.5. The fourth-order valence-electron chi connectivity index (χ4n) is 2.06. The van der Waals surface area contributed by atoms with Crippen LogP contribution in [0.1, 0.15) is 11.7 Å². The number of hydrogen-bond donors (Lipinski definition) is 0. The number of ether oxygens (including phenoxy) is 3. The van der Waals surface area contributed by atoms with Crippen molar-refractivity contribution >= 4 is 0 Å². The Morgan fingerprint density at radius 1 is 1.35 bits per heavy atom. The first kappa shape index (κ1) is 14.6. The Morgan fingerprint density at radius 2 is 2.10 bits per heavy atom. The van der Waals surface area contributed by atoms with Crippen molar-refractivity contribution in [1.82, 2.24) is 0 Å². The van der Waals surface area contributed by atoms with E-state index in [0.717, 1.165) is 11.3 Å². The molecule has 1 aromatic carbocycles. The van der Waals surface area contributed by atoms with Gasteiger partial charge in [-0.1, -0.05) is 36.9 Å². The van der Waals surface area contributed by atoms with Gasteiger partial charge in [-0.2, -0.15) is 0 Å². The van der Waals surface area contributed by atoms with Crippen LogP contribution in [0.3, 0.4) is 0 Å². The molecule has 1 heterocycles. The van der Waals surface area contributed by atoms with Crippen molar-refractivity contribution in [2.24, 2.45) is 0 Å². The number of methoxy groups -OCH3 is 1.